The summed E-state index contributed by atoms with van der Waals surface area (Å²) in [7, 11) is 0. The Kier molecular flexibility index (Phi) is 5.34. The van der Waals surface area contributed by atoms with E-state index in [0.717, 1.165) is 22.3 Å². The predicted molar refractivity (Wildman–Crippen MR) is 119 cm³/mol. The maximum atomic E-state index is 12.9. The Balaban J connectivity index is 1.61. The predicted octanol–water partition coefficient (Wildman–Crippen LogP) is 6.04. The van der Waals surface area contributed by atoms with Crippen molar-refractivity contribution in [1.82, 2.24) is 0 Å². The summed E-state index contributed by atoms with van der Waals surface area (Å²) < 4.78 is 16.9. The molecule has 0 saturated carbocycles. The standard InChI is InChI=1S/C26H22O5/c1-15-5-6-17(3)22(11-15)31-24-14-29-23-13-20(9-10-21(23)25(24)27)30-26(28)19-8-7-16(2)18(4)12-19/h5-14H,1-4H3. The molecule has 4 rings (SSSR count). The Labute approximate surface area is 179 Å². The van der Waals surface area contributed by atoms with E-state index in [9.17, 15) is 9.59 Å². The molecule has 31 heavy (non-hydrogen) atoms. The molecule has 0 N–H and O–H groups in total. The van der Waals surface area contributed by atoms with Gasteiger partial charge in [-0.05, 0) is 80.3 Å². The Bertz CT molecular complexity index is 1360. The number of esters is 1. The van der Waals surface area contributed by atoms with Crippen LogP contribution < -0.4 is 14.9 Å². The van der Waals surface area contributed by atoms with Crippen molar-refractivity contribution >= 4 is 16.9 Å². The maximum Gasteiger partial charge on any atom is 0.343 e. The number of carbonyl (C=O) groups is 1. The van der Waals surface area contributed by atoms with Gasteiger partial charge in [-0.3, -0.25) is 4.79 Å². The van der Waals surface area contributed by atoms with Crippen LogP contribution in [-0.4, -0.2) is 5.97 Å². The van der Waals surface area contributed by atoms with E-state index in [-0.39, 0.29) is 11.2 Å². The van der Waals surface area contributed by atoms with Crippen molar-refractivity contribution in [2.24, 2.45) is 0 Å². The monoisotopic (exact) mass is 414 g/mol. The van der Waals surface area contributed by atoms with Gasteiger partial charge in [-0.25, -0.2) is 4.79 Å². The minimum Gasteiger partial charge on any atom is -0.460 e. The lowest BCUT2D eigenvalue weighted by Crippen LogP contribution is -2.09. The van der Waals surface area contributed by atoms with Gasteiger partial charge >= 0.3 is 5.97 Å². The van der Waals surface area contributed by atoms with Crippen molar-refractivity contribution in [3.63, 3.8) is 0 Å². The van der Waals surface area contributed by atoms with Gasteiger partial charge in [0.25, 0.3) is 0 Å². The van der Waals surface area contributed by atoms with E-state index < -0.39 is 5.97 Å². The van der Waals surface area contributed by atoms with Gasteiger partial charge in [0.2, 0.25) is 11.2 Å². The molecule has 0 atom stereocenters. The van der Waals surface area contributed by atoms with Crippen molar-refractivity contribution in [3.8, 4) is 17.2 Å². The summed E-state index contributed by atoms with van der Waals surface area (Å²) in [6, 6.07) is 15.8. The summed E-state index contributed by atoms with van der Waals surface area (Å²) in [5.41, 5.74) is 4.53. The number of fused-ring (bicyclic) bond motifs is 1. The van der Waals surface area contributed by atoms with Crippen LogP contribution in [0.4, 0.5) is 0 Å². The normalized spacial score (nSPS) is 10.8. The van der Waals surface area contributed by atoms with Crippen molar-refractivity contribution in [2.75, 3.05) is 0 Å². The van der Waals surface area contributed by atoms with Crippen LogP contribution in [0.1, 0.15) is 32.6 Å². The molecule has 0 spiro atoms. The van der Waals surface area contributed by atoms with Gasteiger partial charge in [0.05, 0.1) is 10.9 Å². The number of ether oxygens (including phenoxy) is 2. The van der Waals surface area contributed by atoms with E-state index in [1.54, 1.807) is 24.3 Å². The van der Waals surface area contributed by atoms with E-state index in [2.05, 4.69) is 0 Å². The molecule has 3 aromatic carbocycles. The number of carbonyl (C=O) groups excluding carboxylic acids is 1. The van der Waals surface area contributed by atoms with E-state index in [4.69, 9.17) is 13.9 Å². The molecule has 1 aromatic heterocycles. The molecule has 4 aromatic rings. The van der Waals surface area contributed by atoms with E-state index in [1.807, 2.05) is 52.0 Å². The zero-order valence-corrected chi connectivity index (χ0v) is 17.8. The molecule has 0 aliphatic heterocycles. The summed E-state index contributed by atoms with van der Waals surface area (Å²) in [5.74, 6) is 0.522. The average molecular weight is 414 g/mol. The first-order valence-electron chi connectivity index (χ1n) is 9.92. The van der Waals surface area contributed by atoms with Gasteiger partial charge in [-0.2, -0.15) is 0 Å². The highest BCUT2D eigenvalue weighted by Crippen LogP contribution is 2.27. The zero-order chi connectivity index (χ0) is 22.1. The molecule has 0 amide bonds. The average Bonchev–Trinajstić information content (AvgIpc) is 2.74. The molecule has 5 nitrogen and oxygen atoms in total. The third-order valence-electron chi connectivity index (χ3n) is 5.23. The van der Waals surface area contributed by atoms with E-state index in [0.29, 0.717) is 28.0 Å². The summed E-state index contributed by atoms with van der Waals surface area (Å²) >= 11 is 0. The van der Waals surface area contributed by atoms with E-state index in [1.165, 1.54) is 12.3 Å². The first kappa shape index (κ1) is 20.4. The molecular weight excluding hydrogens is 392 g/mol. The number of hydrogen-bond acceptors (Lipinski definition) is 5. The number of rotatable bonds is 4. The van der Waals surface area contributed by atoms with Crippen LogP contribution in [0.2, 0.25) is 0 Å². The minimum atomic E-state index is -0.473. The van der Waals surface area contributed by atoms with Gasteiger partial charge in [0.15, 0.2) is 0 Å². The molecule has 0 fully saturated rings. The lowest BCUT2D eigenvalue weighted by atomic mass is 10.1. The van der Waals surface area contributed by atoms with Gasteiger partial charge in [0, 0.05) is 6.07 Å². The van der Waals surface area contributed by atoms with Gasteiger partial charge in [-0.1, -0.05) is 18.2 Å². The number of hydrogen-bond donors (Lipinski definition) is 0. The van der Waals surface area contributed by atoms with Crippen LogP contribution in [-0.2, 0) is 0 Å². The lowest BCUT2D eigenvalue weighted by Gasteiger charge is -2.10. The molecule has 156 valence electrons. The van der Waals surface area contributed by atoms with Crippen molar-refractivity contribution < 1.29 is 18.7 Å². The van der Waals surface area contributed by atoms with Crippen molar-refractivity contribution in [2.45, 2.75) is 27.7 Å². The number of benzene rings is 3. The topological polar surface area (TPSA) is 65.7 Å². The van der Waals surface area contributed by atoms with Crippen molar-refractivity contribution in [1.29, 1.82) is 0 Å². The molecule has 0 aliphatic carbocycles. The Morgan fingerprint density at radius 1 is 0.806 bits per heavy atom. The maximum absolute atomic E-state index is 12.9. The fourth-order valence-corrected chi connectivity index (χ4v) is 3.19. The smallest absolute Gasteiger partial charge is 0.343 e. The van der Waals surface area contributed by atoms with Crippen LogP contribution in [0.25, 0.3) is 11.0 Å². The summed E-state index contributed by atoms with van der Waals surface area (Å²) in [5, 5.41) is 0.341. The van der Waals surface area contributed by atoms with E-state index >= 15 is 0 Å². The summed E-state index contributed by atoms with van der Waals surface area (Å²) in [6.07, 6.45) is 1.28. The lowest BCUT2D eigenvalue weighted by molar-refractivity contribution is 0.0735. The van der Waals surface area contributed by atoms with Crippen LogP contribution >= 0.6 is 0 Å². The van der Waals surface area contributed by atoms with Crippen LogP contribution in [0.15, 0.2) is 70.1 Å². The second kappa shape index (κ2) is 8.11. The molecule has 0 saturated heterocycles. The van der Waals surface area contributed by atoms with Crippen LogP contribution in [0.5, 0.6) is 17.2 Å². The van der Waals surface area contributed by atoms with Gasteiger partial charge in [0.1, 0.15) is 23.3 Å². The van der Waals surface area contributed by atoms with Crippen LogP contribution in [0.3, 0.4) is 0 Å². The van der Waals surface area contributed by atoms with Gasteiger partial charge in [-0.15, -0.1) is 0 Å². The fraction of sp³-hybridized carbons (Fsp3) is 0.154. The van der Waals surface area contributed by atoms with Crippen molar-refractivity contribution in [3.05, 3.63) is 98.9 Å². The Morgan fingerprint density at radius 2 is 1.58 bits per heavy atom. The largest absolute Gasteiger partial charge is 0.460 e. The Hall–Kier alpha value is -3.86. The minimum absolute atomic E-state index is 0.0982. The third kappa shape index (κ3) is 4.21. The highest BCUT2D eigenvalue weighted by molar-refractivity contribution is 5.92. The second-order valence-electron chi connectivity index (χ2n) is 7.65. The highest BCUT2D eigenvalue weighted by Gasteiger charge is 2.14. The molecule has 0 bridgehead atoms. The molecular formula is C26H22O5. The molecule has 0 aliphatic rings. The molecule has 5 heteroatoms. The van der Waals surface area contributed by atoms with Gasteiger partial charge < -0.3 is 13.9 Å². The second-order valence-corrected chi connectivity index (χ2v) is 7.65. The Morgan fingerprint density at radius 3 is 2.35 bits per heavy atom. The summed E-state index contributed by atoms with van der Waals surface area (Å²) in [6.45, 7) is 7.78. The number of aryl methyl sites for hydroxylation is 4. The molecule has 0 unspecified atom stereocenters. The van der Waals surface area contributed by atoms with Crippen LogP contribution in [0, 0.1) is 27.7 Å². The quantitative estimate of drug-likeness (QED) is 0.301. The molecule has 1 heterocycles. The SMILES string of the molecule is Cc1ccc(C)c(Oc2coc3cc(OC(=O)c4ccc(C)c(C)c4)ccc3c2=O)c1. The fourth-order valence-electron chi connectivity index (χ4n) is 3.19. The zero-order valence-electron chi connectivity index (χ0n) is 17.8. The first-order chi connectivity index (χ1) is 14.8. The highest BCUT2D eigenvalue weighted by atomic mass is 16.5. The third-order valence-corrected chi connectivity index (χ3v) is 5.23. The first-order valence-corrected chi connectivity index (χ1v) is 9.92. The molecule has 0 radical (unpaired) electrons. The summed E-state index contributed by atoms with van der Waals surface area (Å²) in [4.78, 5) is 25.3.